The zero-order valence-electron chi connectivity index (χ0n) is 6.16. The summed E-state index contributed by atoms with van der Waals surface area (Å²) in [6.45, 7) is 2.97. The molecule has 2 aliphatic rings. The van der Waals surface area contributed by atoms with Crippen LogP contribution in [0.3, 0.4) is 0 Å². The van der Waals surface area contributed by atoms with Crippen LogP contribution in [0.5, 0.6) is 0 Å². The Morgan fingerprint density at radius 2 is 2.55 bits per heavy atom. The lowest BCUT2D eigenvalue weighted by molar-refractivity contribution is 0.558. The fourth-order valence-corrected chi connectivity index (χ4v) is 1.45. The molecule has 1 atom stereocenters. The summed E-state index contributed by atoms with van der Waals surface area (Å²) in [5.74, 6) is 0.807. The summed E-state index contributed by atoms with van der Waals surface area (Å²) < 4.78 is 0. The first-order chi connectivity index (χ1) is 5.27. The third-order valence-corrected chi connectivity index (χ3v) is 1.96. The van der Waals surface area contributed by atoms with Crippen molar-refractivity contribution in [3.05, 3.63) is 12.4 Å². The second-order valence-electron chi connectivity index (χ2n) is 2.67. The Kier molecular flexibility index (Phi) is 1.46. The van der Waals surface area contributed by atoms with Crippen LogP contribution in [0.15, 0.2) is 22.4 Å². The predicted molar refractivity (Wildman–Crippen MR) is 46.0 cm³/mol. The standard InChI is InChI=1S/C7H8ClN3/c1-5-4-11-3-2-9-6(8)7(11)10-5/h2-3,5H,4H2,1H3. The average Bonchev–Trinajstić information content (AvgIpc) is 2.31. The van der Waals surface area contributed by atoms with Crippen LogP contribution in [0.2, 0.25) is 0 Å². The van der Waals surface area contributed by atoms with Gasteiger partial charge in [0.1, 0.15) is 0 Å². The van der Waals surface area contributed by atoms with Crippen LogP contribution in [-0.4, -0.2) is 28.5 Å². The van der Waals surface area contributed by atoms with Gasteiger partial charge in [-0.15, -0.1) is 0 Å². The van der Waals surface area contributed by atoms with Gasteiger partial charge in [0.05, 0.1) is 6.04 Å². The van der Waals surface area contributed by atoms with Crippen LogP contribution in [-0.2, 0) is 0 Å². The van der Waals surface area contributed by atoms with E-state index < -0.39 is 0 Å². The largest absolute Gasteiger partial charge is 0.327 e. The molecular weight excluding hydrogens is 162 g/mol. The highest BCUT2D eigenvalue weighted by Crippen LogP contribution is 2.15. The molecule has 0 aromatic rings. The maximum absolute atomic E-state index is 5.81. The second-order valence-corrected chi connectivity index (χ2v) is 3.03. The van der Waals surface area contributed by atoms with Gasteiger partial charge in [-0.2, -0.15) is 0 Å². The Balaban J connectivity index is 2.35. The van der Waals surface area contributed by atoms with E-state index in [9.17, 15) is 0 Å². The van der Waals surface area contributed by atoms with E-state index in [0.717, 1.165) is 12.4 Å². The van der Waals surface area contributed by atoms with E-state index in [1.165, 1.54) is 0 Å². The van der Waals surface area contributed by atoms with Crippen molar-refractivity contribution in [1.29, 1.82) is 0 Å². The van der Waals surface area contributed by atoms with Gasteiger partial charge in [0.2, 0.25) is 0 Å². The topological polar surface area (TPSA) is 28.0 Å². The first kappa shape index (κ1) is 6.85. The van der Waals surface area contributed by atoms with E-state index in [2.05, 4.69) is 16.9 Å². The lowest BCUT2D eigenvalue weighted by Gasteiger charge is -2.16. The lowest BCUT2D eigenvalue weighted by atomic mass is 10.4. The molecule has 0 bridgehead atoms. The monoisotopic (exact) mass is 169 g/mol. The summed E-state index contributed by atoms with van der Waals surface area (Å²) in [6.07, 6.45) is 3.59. The van der Waals surface area contributed by atoms with Gasteiger partial charge in [-0.3, -0.25) is 4.99 Å². The number of halogens is 1. The number of hydrogen-bond acceptors (Lipinski definition) is 3. The molecule has 4 heteroatoms. The van der Waals surface area contributed by atoms with Crippen LogP contribution in [0, 0.1) is 0 Å². The molecule has 0 amide bonds. The number of nitrogens with zero attached hydrogens (tertiary/aromatic N) is 3. The van der Waals surface area contributed by atoms with E-state index in [-0.39, 0.29) is 0 Å². The lowest BCUT2D eigenvalue weighted by Crippen LogP contribution is -2.28. The fraction of sp³-hybridized carbons (Fsp3) is 0.429. The highest BCUT2D eigenvalue weighted by atomic mass is 35.5. The van der Waals surface area contributed by atoms with Crippen molar-refractivity contribution >= 4 is 22.6 Å². The number of hydrogen-bond donors (Lipinski definition) is 0. The van der Waals surface area contributed by atoms with E-state index >= 15 is 0 Å². The third kappa shape index (κ3) is 1.05. The third-order valence-electron chi connectivity index (χ3n) is 1.69. The van der Waals surface area contributed by atoms with Crippen molar-refractivity contribution in [3.8, 4) is 0 Å². The van der Waals surface area contributed by atoms with Crippen molar-refractivity contribution < 1.29 is 0 Å². The normalized spacial score (nSPS) is 28.2. The van der Waals surface area contributed by atoms with Crippen LogP contribution < -0.4 is 0 Å². The van der Waals surface area contributed by atoms with Crippen molar-refractivity contribution in [3.63, 3.8) is 0 Å². The number of rotatable bonds is 0. The molecule has 0 aliphatic carbocycles. The highest BCUT2D eigenvalue weighted by molar-refractivity contribution is 6.83. The van der Waals surface area contributed by atoms with Gasteiger partial charge >= 0.3 is 0 Å². The molecule has 0 spiro atoms. The minimum atomic E-state index is 0.330. The zero-order valence-corrected chi connectivity index (χ0v) is 6.91. The summed E-state index contributed by atoms with van der Waals surface area (Å²) in [7, 11) is 0. The quantitative estimate of drug-likeness (QED) is 0.536. The molecule has 58 valence electrons. The Hall–Kier alpha value is -0.830. The van der Waals surface area contributed by atoms with Crippen molar-refractivity contribution in [2.24, 2.45) is 9.98 Å². The molecule has 0 aromatic heterocycles. The maximum atomic E-state index is 5.81. The Morgan fingerprint density at radius 1 is 1.73 bits per heavy atom. The van der Waals surface area contributed by atoms with Gasteiger partial charge < -0.3 is 4.90 Å². The first-order valence-electron chi connectivity index (χ1n) is 3.52. The summed E-state index contributed by atoms with van der Waals surface area (Å²) >= 11 is 5.81. The molecule has 3 nitrogen and oxygen atoms in total. The fourth-order valence-electron chi connectivity index (χ4n) is 1.24. The molecular formula is C7H8ClN3. The molecule has 0 N–H and O–H groups in total. The van der Waals surface area contributed by atoms with Gasteiger partial charge in [-0.1, -0.05) is 11.6 Å². The molecule has 11 heavy (non-hydrogen) atoms. The van der Waals surface area contributed by atoms with Gasteiger partial charge in [0.25, 0.3) is 0 Å². The molecule has 0 radical (unpaired) electrons. The summed E-state index contributed by atoms with van der Waals surface area (Å²) in [5.41, 5.74) is 0. The van der Waals surface area contributed by atoms with Crippen LogP contribution in [0.1, 0.15) is 6.92 Å². The second kappa shape index (κ2) is 2.34. The summed E-state index contributed by atoms with van der Waals surface area (Å²) in [4.78, 5) is 10.3. The number of fused-ring (bicyclic) bond motifs is 1. The smallest absolute Gasteiger partial charge is 0.171 e. The van der Waals surface area contributed by atoms with Gasteiger partial charge in [-0.25, -0.2) is 4.99 Å². The minimum Gasteiger partial charge on any atom is -0.327 e. The SMILES string of the molecule is CC1CN2C=CN=C(Cl)C2=N1. The Bertz CT molecular complexity index is 267. The molecule has 2 aliphatic heterocycles. The van der Waals surface area contributed by atoms with Crippen molar-refractivity contribution in [1.82, 2.24) is 4.90 Å². The van der Waals surface area contributed by atoms with Crippen molar-refractivity contribution in [2.75, 3.05) is 6.54 Å². The van der Waals surface area contributed by atoms with Gasteiger partial charge in [0, 0.05) is 18.9 Å². The minimum absolute atomic E-state index is 0.330. The van der Waals surface area contributed by atoms with Crippen LogP contribution >= 0.6 is 11.6 Å². The van der Waals surface area contributed by atoms with E-state index in [1.54, 1.807) is 6.20 Å². The van der Waals surface area contributed by atoms with E-state index in [4.69, 9.17) is 11.6 Å². The zero-order chi connectivity index (χ0) is 7.84. The van der Waals surface area contributed by atoms with Crippen LogP contribution in [0.4, 0.5) is 0 Å². The molecule has 2 rings (SSSR count). The number of amidine groups is 1. The van der Waals surface area contributed by atoms with E-state index in [1.807, 2.05) is 11.1 Å². The molecule has 1 unspecified atom stereocenters. The molecule has 0 saturated carbocycles. The predicted octanol–water partition coefficient (Wildman–Crippen LogP) is 1.21. The van der Waals surface area contributed by atoms with Crippen LogP contribution in [0.25, 0.3) is 0 Å². The Morgan fingerprint density at radius 3 is 3.27 bits per heavy atom. The maximum Gasteiger partial charge on any atom is 0.171 e. The molecule has 2 heterocycles. The first-order valence-corrected chi connectivity index (χ1v) is 3.90. The summed E-state index contributed by atoms with van der Waals surface area (Å²) in [5, 5.41) is 0.497. The van der Waals surface area contributed by atoms with Gasteiger partial charge in [-0.05, 0) is 6.92 Å². The summed E-state index contributed by atoms with van der Waals surface area (Å²) in [6, 6.07) is 0.330. The van der Waals surface area contributed by atoms with Crippen molar-refractivity contribution in [2.45, 2.75) is 13.0 Å². The average molecular weight is 170 g/mol. The van der Waals surface area contributed by atoms with Gasteiger partial charge in [0.15, 0.2) is 11.0 Å². The highest BCUT2D eigenvalue weighted by Gasteiger charge is 2.24. The Labute approximate surface area is 70.1 Å². The molecule has 0 fully saturated rings. The molecule has 0 saturated heterocycles. The molecule has 0 aromatic carbocycles. The van der Waals surface area contributed by atoms with E-state index in [0.29, 0.717) is 11.2 Å². The number of aliphatic imine (C=N–C) groups is 2.